The SMILES string of the molecule is Cc1cccc(-c2n[nH]c(=S)n2CC(=O)Nc2nc(-c3ccc(C)s3)cs2)c1. The average molecular weight is 428 g/mol. The number of aromatic nitrogens is 4. The number of amides is 1. The molecule has 0 saturated heterocycles. The molecule has 3 aromatic heterocycles. The minimum absolute atomic E-state index is 0.0611. The summed E-state index contributed by atoms with van der Waals surface area (Å²) >= 11 is 8.40. The molecule has 0 saturated carbocycles. The van der Waals surface area contributed by atoms with Gasteiger partial charge in [0.2, 0.25) is 5.91 Å². The number of carbonyl (C=O) groups excluding carboxylic acids is 1. The van der Waals surface area contributed by atoms with Crippen LogP contribution in [-0.2, 0) is 11.3 Å². The summed E-state index contributed by atoms with van der Waals surface area (Å²) in [6, 6.07) is 12.0. The van der Waals surface area contributed by atoms with E-state index in [0.717, 1.165) is 21.7 Å². The maximum atomic E-state index is 12.6. The van der Waals surface area contributed by atoms with E-state index in [-0.39, 0.29) is 12.5 Å². The third kappa shape index (κ3) is 3.96. The predicted octanol–water partition coefficient (Wildman–Crippen LogP) is 5.05. The molecule has 0 aliphatic carbocycles. The van der Waals surface area contributed by atoms with Crippen molar-refractivity contribution in [2.24, 2.45) is 0 Å². The van der Waals surface area contributed by atoms with Crippen LogP contribution in [0.15, 0.2) is 41.8 Å². The highest BCUT2D eigenvalue weighted by Crippen LogP contribution is 2.30. The normalized spacial score (nSPS) is 10.9. The van der Waals surface area contributed by atoms with Crippen LogP contribution in [0.2, 0.25) is 0 Å². The maximum Gasteiger partial charge on any atom is 0.246 e. The van der Waals surface area contributed by atoms with Crippen molar-refractivity contribution in [3.8, 4) is 22.0 Å². The number of rotatable bonds is 5. The number of nitrogens with one attached hydrogen (secondary N) is 2. The summed E-state index contributed by atoms with van der Waals surface area (Å²) in [4.78, 5) is 19.4. The first kappa shape index (κ1) is 18.7. The lowest BCUT2D eigenvalue weighted by Crippen LogP contribution is -2.19. The molecule has 2 N–H and O–H groups in total. The van der Waals surface area contributed by atoms with Crippen molar-refractivity contribution in [2.75, 3.05) is 5.32 Å². The molecule has 4 rings (SSSR count). The summed E-state index contributed by atoms with van der Waals surface area (Å²) in [5, 5.41) is 12.4. The summed E-state index contributed by atoms with van der Waals surface area (Å²) < 4.78 is 2.09. The molecule has 28 heavy (non-hydrogen) atoms. The Morgan fingerprint density at radius 3 is 2.89 bits per heavy atom. The van der Waals surface area contributed by atoms with Crippen LogP contribution in [0, 0.1) is 18.6 Å². The Kier molecular flexibility index (Phi) is 5.21. The number of hydrogen-bond donors (Lipinski definition) is 2. The zero-order chi connectivity index (χ0) is 19.7. The number of carbonyl (C=O) groups is 1. The van der Waals surface area contributed by atoms with Crippen LogP contribution in [0.3, 0.4) is 0 Å². The zero-order valence-electron chi connectivity index (χ0n) is 15.2. The van der Waals surface area contributed by atoms with Gasteiger partial charge in [-0.25, -0.2) is 4.98 Å². The first-order valence-electron chi connectivity index (χ1n) is 8.54. The molecule has 0 fully saturated rings. The summed E-state index contributed by atoms with van der Waals surface area (Å²) in [5.74, 6) is 0.437. The third-order valence-electron chi connectivity index (χ3n) is 4.08. The van der Waals surface area contributed by atoms with Crippen molar-refractivity contribution in [1.29, 1.82) is 0 Å². The molecule has 4 aromatic rings. The van der Waals surface area contributed by atoms with Crippen molar-refractivity contribution in [2.45, 2.75) is 20.4 Å². The molecule has 1 aromatic carbocycles. The Balaban J connectivity index is 1.51. The molecule has 0 aliphatic rings. The van der Waals surface area contributed by atoms with Crippen molar-refractivity contribution in [3.63, 3.8) is 0 Å². The number of thiophene rings is 1. The molecular weight excluding hydrogens is 410 g/mol. The molecule has 0 aliphatic heterocycles. The molecule has 0 unspecified atom stereocenters. The average Bonchev–Trinajstić information content (AvgIpc) is 3.37. The van der Waals surface area contributed by atoms with Gasteiger partial charge in [-0.1, -0.05) is 23.8 Å². The van der Waals surface area contributed by atoms with E-state index in [4.69, 9.17) is 12.2 Å². The molecule has 0 spiro atoms. The summed E-state index contributed by atoms with van der Waals surface area (Å²) in [6.45, 7) is 4.13. The Morgan fingerprint density at radius 2 is 2.14 bits per heavy atom. The van der Waals surface area contributed by atoms with Gasteiger partial charge in [0.1, 0.15) is 6.54 Å². The van der Waals surface area contributed by atoms with Gasteiger partial charge in [-0.05, 0) is 44.3 Å². The monoisotopic (exact) mass is 427 g/mol. The van der Waals surface area contributed by atoms with Crippen molar-refractivity contribution < 1.29 is 4.79 Å². The van der Waals surface area contributed by atoms with Crippen molar-refractivity contribution in [3.05, 3.63) is 57.0 Å². The number of hydrogen-bond acceptors (Lipinski definition) is 6. The van der Waals surface area contributed by atoms with Gasteiger partial charge in [-0.3, -0.25) is 14.5 Å². The Labute approximate surface area is 174 Å². The largest absolute Gasteiger partial charge is 0.300 e. The minimum Gasteiger partial charge on any atom is -0.300 e. The van der Waals surface area contributed by atoms with E-state index in [1.165, 1.54) is 16.2 Å². The van der Waals surface area contributed by atoms with Crippen LogP contribution in [0.5, 0.6) is 0 Å². The number of nitrogens with zero attached hydrogens (tertiary/aromatic N) is 3. The van der Waals surface area contributed by atoms with Gasteiger partial charge in [-0.15, -0.1) is 22.7 Å². The molecule has 6 nitrogen and oxygen atoms in total. The van der Waals surface area contributed by atoms with Crippen molar-refractivity contribution >= 4 is 45.9 Å². The van der Waals surface area contributed by atoms with Gasteiger partial charge in [0, 0.05) is 15.8 Å². The summed E-state index contributed by atoms with van der Waals surface area (Å²) in [5.41, 5.74) is 2.89. The second kappa shape index (κ2) is 7.78. The topological polar surface area (TPSA) is 75.6 Å². The smallest absolute Gasteiger partial charge is 0.246 e. The van der Waals surface area contributed by atoms with Gasteiger partial charge in [0.15, 0.2) is 15.7 Å². The van der Waals surface area contributed by atoms with Crippen LogP contribution >= 0.6 is 34.9 Å². The van der Waals surface area contributed by atoms with Crippen LogP contribution in [0.25, 0.3) is 22.0 Å². The summed E-state index contributed by atoms with van der Waals surface area (Å²) in [7, 11) is 0. The number of H-pyrrole nitrogens is 1. The molecular formula is C19H17N5OS3. The highest BCUT2D eigenvalue weighted by atomic mass is 32.1. The lowest BCUT2D eigenvalue weighted by atomic mass is 10.1. The highest BCUT2D eigenvalue weighted by molar-refractivity contribution is 7.71. The standard InChI is InChI=1S/C19H17N5OS3/c1-11-4-3-5-13(8-11)17-22-23-19(26)24(17)9-16(25)21-18-20-14(10-27-18)15-7-6-12(2)28-15/h3-8,10H,9H2,1-2H3,(H,23,26)(H,20,21,25). The van der Waals surface area contributed by atoms with Gasteiger partial charge < -0.3 is 5.32 Å². The lowest BCUT2D eigenvalue weighted by molar-refractivity contribution is -0.116. The Bertz CT molecular complexity index is 1200. The van der Waals surface area contributed by atoms with E-state index < -0.39 is 0 Å². The van der Waals surface area contributed by atoms with E-state index in [1.807, 2.05) is 42.6 Å². The summed E-state index contributed by atoms with van der Waals surface area (Å²) in [6.07, 6.45) is 0. The van der Waals surface area contributed by atoms with Gasteiger partial charge >= 0.3 is 0 Å². The fraction of sp³-hybridized carbons (Fsp3) is 0.158. The van der Waals surface area contributed by atoms with E-state index in [9.17, 15) is 4.79 Å². The molecule has 1 amide bonds. The fourth-order valence-corrected chi connectivity index (χ4v) is 4.61. The van der Waals surface area contributed by atoms with Crippen LogP contribution < -0.4 is 5.32 Å². The van der Waals surface area contributed by atoms with E-state index in [2.05, 4.69) is 33.5 Å². The van der Waals surface area contributed by atoms with E-state index in [1.54, 1.807) is 15.9 Å². The third-order valence-corrected chi connectivity index (χ3v) is 6.17. The first-order valence-corrected chi connectivity index (χ1v) is 10.6. The highest BCUT2D eigenvalue weighted by Gasteiger charge is 2.14. The lowest BCUT2D eigenvalue weighted by Gasteiger charge is -2.07. The zero-order valence-corrected chi connectivity index (χ0v) is 17.7. The van der Waals surface area contributed by atoms with Crippen molar-refractivity contribution in [1.82, 2.24) is 19.7 Å². The Morgan fingerprint density at radius 1 is 1.29 bits per heavy atom. The molecule has 3 heterocycles. The number of benzene rings is 1. The second-order valence-corrected chi connectivity index (χ2v) is 8.84. The van der Waals surface area contributed by atoms with Gasteiger partial charge in [0.25, 0.3) is 0 Å². The molecule has 0 atom stereocenters. The number of anilines is 1. The fourth-order valence-electron chi connectivity index (χ4n) is 2.79. The maximum absolute atomic E-state index is 12.6. The predicted molar refractivity (Wildman–Crippen MR) is 116 cm³/mol. The molecule has 0 bridgehead atoms. The van der Waals surface area contributed by atoms with Crippen LogP contribution in [0.1, 0.15) is 10.4 Å². The minimum atomic E-state index is -0.199. The van der Waals surface area contributed by atoms with E-state index in [0.29, 0.717) is 15.7 Å². The number of aromatic amines is 1. The van der Waals surface area contributed by atoms with Gasteiger partial charge in [0.05, 0.1) is 10.6 Å². The Hall–Kier alpha value is -2.62. The quantitative estimate of drug-likeness (QED) is 0.437. The van der Waals surface area contributed by atoms with E-state index >= 15 is 0 Å². The number of aryl methyl sites for hydroxylation is 2. The van der Waals surface area contributed by atoms with Crippen LogP contribution in [-0.4, -0.2) is 25.7 Å². The molecule has 9 heteroatoms. The van der Waals surface area contributed by atoms with Crippen LogP contribution in [0.4, 0.5) is 5.13 Å². The molecule has 142 valence electrons. The first-order chi connectivity index (χ1) is 13.5. The van der Waals surface area contributed by atoms with Gasteiger partial charge in [-0.2, -0.15) is 5.10 Å². The second-order valence-electron chi connectivity index (χ2n) is 6.30. The number of thiazole rings is 1. The molecule has 0 radical (unpaired) electrons.